The first-order valence-corrected chi connectivity index (χ1v) is 6.71. The van der Waals surface area contributed by atoms with Gasteiger partial charge in [-0.3, -0.25) is 4.79 Å². The van der Waals surface area contributed by atoms with Gasteiger partial charge in [-0.1, -0.05) is 38.8 Å². The molecule has 3 N–H and O–H groups in total. The molecule has 1 fully saturated rings. The van der Waals surface area contributed by atoms with Crippen molar-refractivity contribution in [3.8, 4) is 0 Å². The van der Waals surface area contributed by atoms with Gasteiger partial charge >= 0.3 is 0 Å². The molecular formula is C13H22N4O2. The number of nitrogens with two attached hydrogens (primary N) is 1. The second kappa shape index (κ2) is 4.92. The highest BCUT2D eigenvalue weighted by molar-refractivity contribution is 5.81. The Morgan fingerprint density at radius 1 is 1.42 bits per heavy atom. The van der Waals surface area contributed by atoms with Gasteiger partial charge in [0.25, 0.3) is 0 Å². The number of hydrogen-bond donors (Lipinski definition) is 2. The fraction of sp³-hybridized carbons (Fsp3) is 0.769. The molecule has 1 aliphatic rings. The summed E-state index contributed by atoms with van der Waals surface area (Å²) in [5, 5.41) is 6.73. The Bertz CT molecular complexity index is 455. The van der Waals surface area contributed by atoms with Gasteiger partial charge in [-0.25, -0.2) is 0 Å². The summed E-state index contributed by atoms with van der Waals surface area (Å²) >= 11 is 0. The highest BCUT2D eigenvalue weighted by Gasteiger charge is 2.36. The molecule has 19 heavy (non-hydrogen) atoms. The average Bonchev–Trinajstić information content (AvgIpc) is 2.94. The zero-order valence-corrected chi connectivity index (χ0v) is 11.8. The van der Waals surface area contributed by atoms with Gasteiger partial charge in [0.15, 0.2) is 5.82 Å². The molecule has 1 saturated carbocycles. The minimum absolute atomic E-state index is 0.0458. The van der Waals surface area contributed by atoms with E-state index in [1.807, 2.05) is 20.8 Å². The van der Waals surface area contributed by atoms with Crippen molar-refractivity contribution in [3.63, 3.8) is 0 Å². The van der Waals surface area contributed by atoms with Crippen LogP contribution in [-0.4, -0.2) is 16.0 Å². The third-order valence-electron chi connectivity index (χ3n) is 3.49. The molecule has 0 radical (unpaired) electrons. The van der Waals surface area contributed by atoms with Gasteiger partial charge in [0.2, 0.25) is 11.8 Å². The van der Waals surface area contributed by atoms with Crippen LogP contribution in [0.25, 0.3) is 0 Å². The second-order valence-electron chi connectivity index (χ2n) is 6.31. The minimum Gasteiger partial charge on any atom is -0.347 e. The van der Waals surface area contributed by atoms with Crippen molar-refractivity contribution in [2.24, 2.45) is 11.1 Å². The summed E-state index contributed by atoms with van der Waals surface area (Å²) in [6.45, 7) is 5.82. The molecule has 0 spiro atoms. The molecule has 1 heterocycles. The summed E-state index contributed by atoms with van der Waals surface area (Å²) in [6, 6.07) is 0. The van der Waals surface area contributed by atoms with Crippen molar-refractivity contribution in [2.75, 3.05) is 0 Å². The fourth-order valence-electron chi connectivity index (χ4n) is 2.18. The monoisotopic (exact) mass is 266 g/mol. The van der Waals surface area contributed by atoms with Gasteiger partial charge in [0.1, 0.15) is 0 Å². The number of hydrogen-bond acceptors (Lipinski definition) is 5. The number of nitrogens with one attached hydrogen (secondary N) is 1. The van der Waals surface area contributed by atoms with Crippen LogP contribution in [0.2, 0.25) is 0 Å². The topological polar surface area (TPSA) is 94.0 Å². The largest absolute Gasteiger partial charge is 0.347 e. The molecule has 6 heteroatoms. The Labute approximate surface area is 113 Å². The Hall–Kier alpha value is -1.43. The average molecular weight is 266 g/mol. The van der Waals surface area contributed by atoms with Crippen LogP contribution >= 0.6 is 0 Å². The van der Waals surface area contributed by atoms with Gasteiger partial charge in [-0.15, -0.1) is 0 Å². The number of nitrogens with zero attached hydrogens (tertiary/aromatic N) is 2. The van der Waals surface area contributed by atoms with Crippen molar-refractivity contribution in [2.45, 2.75) is 58.5 Å². The Morgan fingerprint density at radius 2 is 2.05 bits per heavy atom. The second-order valence-corrected chi connectivity index (χ2v) is 6.31. The highest BCUT2D eigenvalue weighted by Crippen LogP contribution is 2.34. The molecule has 1 aromatic rings. The molecule has 106 valence electrons. The number of amides is 1. The summed E-state index contributed by atoms with van der Waals surface area (Å²) < 4.78 is 5.15. The summed E-state index contributed by atoms with van der Waals surface area (Å²) in [7, 11) is 0. The quantitative estimate of drug-likeness (QED) is 0.863. The summed E-state index contributed by atoms with van der Waals surface area (Å²) in [5.74, 6) is 0.921. The summed E-state index contributed by atoms with van der Waals surface area (Å²) in [5.41, 5.74) is 5.37. The molecule has 1 amide bonds. The molecular weight excluding hydrogens is 244 g/mol. The van der Waals surface area contributed by atoms with Crippen LogP contribution in [0.3, 0.4) is 0 Å². The van der Waals surface area contributed by atoms with Gasteiger partial charge in [0, 0.05) is 5.41 Å². The van der Waals surface area contributed by atoms with E-state index in [0.29, 0.717) is 11.7 Å². The van der Waals surface area contributed by atoms with E-state index in [0.717, 1.165) is 25.7 Å². The third kappa shape index (κ3) is 3.12. The molecule has 0 saturated heterocycles. The van der Waals surface area contributed by atoms with E-state index in [9.17, 15) is 4.79 Å². The Morgan fingerprint density at radius 3 is 2.63 bits per heavy atom. The number of rotatable bonds is 3. The predicted molar refractivity (Wildman–Crippen MR) is 69.9 cm³/mol. The van der Waals surface area contributed by atoms with E-state index >= 15 is 0 Å². The molecule has 0 aromatic carbocycles. The molecule has 0 aliphatic heterocycles. The minimum atomic E-state index is -0.449. The summed E-state index contributed by atoms with van der Waals surface area (Å²) in [6.07, 6.45) is 3.98. The lowest BCUT2D eigenvalue weighted by atomic mass is 9.96. The van der Waals surface area contributed by atoms with E-state index in [4.69, 9.17) is 10.3 Å². The first-order valence-electron chi connectivity index (χ1n) is 6.71. The standard InChI is InChI=1S/C13H22N4O2/c1-12(2,3)11(18)15-8-9-16-10(17-19-9)13(14)6-4-5-7-13/h4-8,14H2,1-3H3,(H,15,18). The molecule has 1 aliphatic carbocycles. The zero-order chi connectivity index (χ0) is 14.1. The number of aromatic nitrogens is 2. The van der Waals surface area contributed by atoms with Crippen LogP contribution < -0.4 is 11.1 Å². The Kier molecular flexibility index (Phi) is 3.62. The van der Waals surface area contributed by atoms with Crippen molar-refractivity contribution < 1.29 is 9.32 Å². The zero-order valence-electron chi connectivity index (χ0n) is 11.8. The maximum absolute atomic E-state index is 11.7. The molecule has 0 unspecified atom stereocenters. The molecule has 0 atom stereocenters. The van der Waals surface area contributed by atoms with Crippen LogP contribution in [0.5, 0.6) is 0 Å². The van der Waals surface area contributed by atoms with Crippen molar-refractivity contribution in [1.29, 1.82) is 0 Å². The molecule has 0 bridgehead atoms. The van der Waals surface area contributed by atoms with Gasteiger partial charge < -0.3 is 15.6 Å². The van der Waals surface area contributed by atoms with E-state index in [2.05, 4.69) is 15.5 Å². The molecule has 2 rings (SSSR count). The van der Waals surface area contributed by atoms with E-state index in [-0.39, 0.29) is 12.5 Å². The van der Waals surface area contributed by atoms with Crippen LogP contribution in [0.4, 0.5) is 0 Å². The van der Waals surface area contributed by atoms with Gasteiger partial charge in [0.05, 0.1) is 12.1 Å². The van der Waals surface area contributed by atoms with E-state index < -0.39 is 11.0 Å². The van der Waals surface area contributed by atoms with Gasteiger partial charge in [-0.05, 0) is 12.8 Å². The third-order valence-corrected chi connectivity index (χ3v) is 3.49. The predicted octanol–water partition coefficient (Wildman–Crippen LogP) is 1.46. The first-order chi connectivity index (χ1) is 8.81. The normalized spacial score (nSPS) is 18.5. The van der Waals surface area contributed by atoms with E-state index in [1.165, 1.54) is 0 Å². The molecule has 1 aromatic heterocycles. The number of carbonyl (C=O) groups excluding carboxylic acids is 1. The van der Waals surface area contributed by atoms with Crippen LogP contribution in [0.1, 0.15) is 58.2 Å². The van der Waals surface area contributed by atoms with Crippen molar-refractivity contribution >= 4 is 5.91 Å². The Balaban J connectivity index is 1.96. The fourth-order valence-corrected chi connectivity index (χ4v) is 2.18. The van der Waals surface area contributed by atoms with Crippen LogP contribution in [-0.2, 0) is 16.9 Å². The maximum atomic E-state index is 11.7. The SMILES string of the molecule is CC(C)(C)C(=O)NCc1nc(C2(N)CCCC2)no1. The van der Waals surface area contributed by atoms with E-state index in [1.54, 1.807) is 0 Å². The lowest BCUT2D eigenvalue weighted by Gasteiger charge is -2.18. The summed E-state index contributed by atoms with van der Waals surface area (Å²) in [4.78, 5) is 16.0. The van der Waals surface area contributed by atoms with Gasteiger partial charge in [-0.2, -0.15) is 4.98 Å². The molecule has 6 nitrogen and oxygen atoms in total. The maximum Gasteiger partial charge on any atom is 0.246 e. The lowest BCUT2D eigenvalue weighted by molar-refractivity contribution is -0.128. The van der Waals surface area contributed by atoms with Crippen LogP contribution in [0, 0.1) is 5.41 Å². The number of carbonyl (C=O) groups is 1. The highest BCUT2D eigenvalue weighted by atomic mass is 16.5. The van der Waals surface area contributed by atoms with Crippen LogP contribution in [0.15, 0.2) is 4.52 Å². The smallest absolute Gasteiger partial charge is 0.246 e. The lowest BCUT2D eigenvalue weighted by Crippen LogP contribution is -2.35. The van der Waals surface area contributed by atoms with Crippen molar-refractivity contribution in [3.05, 3.63) is 11.7 Å². The van der Waals surface area contributed by atoms with Crippen molar-refractivity contribution in [1.82, 2.24) is 15.5 Å². The first kappa shape index (κ1) is 14.0.